The second-order valence-electron chi connectivity index (χ2n) is 4.44. The van der Waals surface area contributed by atoms with Crippen molar-refractivity contribution >= 4 is 27.3 Å². The van der Waals surface area contributed by atoms with Crippen molar-refractivity contribution < 1.29 is 19.4 Å². The molecule has 0 saturated carbocycles. The third-order valence-corrected chi connectivity index (χ3v) is 4.38. The van der Waals surface area contributed by atoms with Crippen molar-refractivity contribution in [3.05, 3.63) is 34.5 Å². The van der Waals surface area contributed by atoms with Gasteiger partial charge in [0, 0.05) is 17.8 Å². The first kappa shape index (κ1) is 14.9. The summed E-state index contributed by atoms with van der Waals surface area (Å²) < 4.78 is 14.1. The van der Waals surface area contributed by atoms with Crippen molar-refractivity contribution in [3.8, 4) is 0 Å². The van der Waals surface area contributed by atoms with Gasteiger partial charge in [0.05, 0.1) is 18.1 Å². The molecule has 0 bridgehead atoms. The van der Waals surface area contributed by atoms with Crippen LogP contribution in [-0.4, -0.2) is 47.3 Å². The molecule has 0 spiro atoms. The fraction of sp³-hybridized carbons (Fsp3) is 0.357. The Morgan fingerprint density at radius 3 is 2.55 bits per heavy atom. The van der Waals surface area contributed by atoms with Crippen LogP contribution in [0.1, 0.15) is 15.2 Å². The van der Waals surface area contributed by atoms with Crippen molar-refractivity contribution in [1.82, 2.24) is 4.90 Å². The summed E-state index contributed by atoms with van der Waals surface area (Å²) in [6.07, 6.45) is 0. The number of benzene rings is 1. The first-order valence-electron chi connectivity index (χ1n) is 6.28. The number of amides is 1. The lowest BCUT2D eigenvalue weighted by Crippen LogP contribution is -2.35. The van der Waals surface area contributed by atoms with E-state index in [0.717, 1.165) is 15.6 Å². The maximum atomic E-state index is 13.3. The monoisotopic (exact) mass is 297 g/mol. The Kier molecular flexibility index (Phi) is 4.69. The van der Waals surface area contributed by atoms with Gasteiger partial charge in [0.2, 0.25) is 0 Å². The van der Waals surface area contributed by atoms with E-state index in [-0.39, 0.29) is 38.0 Å². The van der Waals surface area contributed by atoms with Gasteiger partial charge in [-0.3, -0.25) is 4.79 Å². The van der Waals surface area contributed by atoms with E-state index in [1.165, 1.54) is 28.4 Å². The standard InChI is InChI=1S/C14H16FNO3S/c1-9-11-8-10(15)2-3-12(11)20-13(9)14(19)16(4-6-17)5-7-18/h2-3,8,17-18H,4-7H2,1H3. The highest BCUT2D eigenvalue weighted by atomic mass is 32.1. The summed E-state index contributed by atoms with van der Waals surface area (Å²) in [5.41, 5.74) is 0.732. The van der Waals surface area contributed by atoms with Crippen LogP contribution in [0.3, 0.4) is 0 Å². The lowest BCUT2D eigenvalue weighted by atomic mass is 10.1. The Morgan fingerprint density at radius 1 is 1.30 bits per heavy atom. The lowest BCUT2D eigenvalue weighted by molar-refractivity contribution is 0.0689. The summed E-state index contributed by atoms with van der Waals surface area (Å²) in [7, 11) is 0. The molecule has 2 rings (SSSR count). The number of hydrogen-bond donors (Lipinski definition) is 2. The lowest BCUT2D eigenvalue weighted by Gasteiger charge is -2.20. The predicted octanol–water partition coefficient (Wildman–Crippen LogP) is 1.78. The molecule has 1 aromatic heterocycles. The summed E-state index contributed by atoms with van der Waals surface area (Å²) in [6.45, 7) is 1.79. The number of hydrogen-bond acceptors (Lipinski definition) is 4. The van der Waals surface area contributed by atoms with Crippen LogP contribution >= 0.6 is 11.3 Å². The highest BCUT2D eigenvalue weighted by Crippen LogP contribution is 2.32. The quantitative estimate of drug-likeness (QED) is 0.884. The molecule has 0 aliphatic rings. The molecule has 2 N–H and O–H groups in total. The number of aliphatic hydroxyl groups is 2. The van der Waals surface area contributed by atoms with Gasteiger partial charge < -0.3 is 15.1 Å². The molecule has 0 saturated heterocycles. The molecule has 1 heterocycles. The fourth-order valence-electron chi connectivity index (χ4n) is 2.10. The first-order chi connectivity index (χ1) is 9.58. The van der Waals surface area contributed by atoms with E-state index in [2.05, 4.69) is 0 Å². The molecule has 0 unspecified atom stereocenters. The molecule has 1 aromatic carbocycles. The summed E-state index contributed by atoms with van der Waals surface area (Å²) in [5, 5.41) is 18.7. The third-order valence-electron chi connectivity index (χ3n) is 3.12. The molecule has 0 atom stereocenters. The summed E-state index contributed by atoms with van der Waals surface area (Å²) >= 11 is 1.30. The van der Waals surface area contributed by atoms with E-state index in [1.54, 1.807) is 13.0 Å². The normalized spacial score (nSPS) is 11.0. The summed E-state index contributed by atoms with van der Waals surface area (Å²) in [5.74, 6) is -0.577. The summed E-state index contributed by atoms with van der Waals surface area (Å²) in [4.78, 5) is 14.3. The van der Waals surface area contributed by atoms with E-state index in [0.29, 0.717) is 4.88 Å². The molecule has 0 radical (unpaired) electrons. The van der Waals surface area contributed by atoms with Crippen molar-refractivity contribution in [2.45, 2.75) is 6.92 Å². The number of halogens is 1. The minimum Gasteiger partial charge on any atom is -0.395 e. The Balaban J connectivity index is 2.40. The molecule has 0 aliphatic heterocycles. The molecule has 4 nitrogen and oxygen atoms in total. The van der Waals surface area contributed by atoms with Gasteiger partial charge in [0.1, 0.15) is 5.82 Å². The van der Waals surface area contributed by atoms with Crippen LogP contribution in [-0.2, 0) is 0 Å². The Hall–Kier alpha value is -1.50. The van der Waals surface area contributed by atoms with Gasteiger partial charge in [0.15, 0.2) is 0 Å². The predicted molar refractivity (Wildman–Crippen MR) is 76.6 cm³/mol. The number of carbonyl (C=O) groups is 1. The molecule has 1 amide bonds. The summed E-state index contributed by atoms with van der Waals surface area (Å²) in [6, 6.07) is 4.44. The van der Waals surface area contributed by atoms with Gasteiger partial charge >= 0.3 is 0 Å². The zero-order valence-electron chi connectivity index (χ0n) is 11.1. The Bertz CT molecular complexity index is 620. The molecule has 6 heteroatoms. The SMILES string of the molecule is Cc1c(C(=O)N(CCO)CCO)sc2ccc(F)cc12. The number of rotatable bonds is 5. The zero-order chi connectivity index (χ0) is 14.7. The average Bonchev–Trinajstić information content (AvgIpc) is 2.75. The van der Waals surface area contributed by atoms with Crippen molar-refractivity contribution in [2.75, 3.05) is 26.3 Å². The number of fused-ring (bicyclic) bond motifs is 1. The minimum atomic E-state index is -0.333. The van der Waals surface area contributed by atoms with Gasteiger partial charge in [-0.1, -0.05) is 0 Å². The number of carbonyl (C=O) groups excluding carboxylic acids is 1. The van der Waals surface area contributed by atoms with Gasteiger partial charge in [-0.15, -0.1) is 11.3 Å². The molecule has 20 heavy (non-hydrogen) atoms. The zero-order valence-corrected chi connectivity index (χ0v) is 11.9. The van der Waals surface area contributed by atoms with Crippen LogP contribution in [0.25, 0.3) is 10.1 Å². The van der Waals surface area contributed by atoms with Crippen LogP contribution in [0, 0.1) is 12.7 Å². The van der Waals surface area contributed by atoms with Crippen LogP contribution in [0.5, 0.6) is 0 Å². The fourth-order valence-corrected chi connectivity index (χ4v) is 3.25. The van der Waals surface area contributed by atoms with E-state index >= 15 is 0 Å². The van der Waals surface area contributed by atoms with Crippen molar-refractivity contribution in [1.29, 1.82) is 0 Å². The van der Waals surface area contributed by atoms with Gasteiger partial charge in [0.25, 0.3) is 5.91 Å². The first-order valence-corrected chi connectivity index (χ1v) is 7.09. The molecule has 0 aliphatic carbocycles. The van der Waals surface area contributed by atoms with E-state index in [1.807, 2.05) is 0 Å². The Morgan fingerprint density at radius 2 is 1.95 bits per heavy atom. The highest BCUT2D eigenvalue weighted by molar-refractivity contribution is 7.21. The van der Waals surface area contributed by atoms with Gasteiger partial charge in [-0.2, -0.15) is 0 Å². The van der Waals surface area contributed by atoms with Crippen molar-refractivity contribution in [3.63, 3.8) is 0 Å². The topological polar surface area (TPSA) is 60.8 Å². The maximum Gasteiger partial charge on any atom is 0.264 e. The molecule has 2 aromatic rings. The second kappa shape index (κ2) is 6.30. The molecule has 108 valence electrons. The van der Waals surface area contributed by atoms with Gasteiger partial charge in [-0.05, 0) is 36.1 Å². The second-order valence-corrected chi connectivity index (χ2v) is 5.49. The average molecular weight is 297 g/mol. The van der Waals surface area contributed by atoms with E-state index in [4.69, 9.17) is 10.2 Å². The number of nitrogens with zero attached hydrogens (tertiary/aromatic N) is 1. The number of thiophene rings is 1. The molecular weight excluding hydrogens is 281 g/mol. The van der Waals surface area contributed by atoms with Crippen LogP contribution in [0.15, 0.2) is 18.2 Å². The van der Waals surface area contributed by atoms with E-state index < -0.39 is 0 Å². The molecular formula is C14H16FNO3S. The molecule has 0 fully saturated rings. The van der Waals surface area contributed by atoms with Gasteiger partial charge in [-0.25, -0.2) is 4.39 Å². The van der Waals surface area contributed by atoms with Crippen molar-refractivity contribution in [2.24, 2.45) is 0 Å². The van der Waals surface area contributed by atoms with Crippen LogP contribution in [0.2, 0.25) is 0 Å². The minimum absolute atomic E-state index is 0.162. The number of aliphatic hydroxyl groups excluding tert-OH is 2. The largest absolute Gasteiger partial charge is 0.395 e. The number of aryl methyl sites for hydroxylation is 1. The third kappa shape index (κ3) is 2.82. The van der Waals surface area contributed by atoms with Crippen LogP contribution in [0.4, 0.5) is 4.39 Å². The van der Waals surface area contributed by atoms with Crippen LogP contribution < -0.4 is 0 Å². The van der Waals surface area contributed by atoms with E-state index in [9.17, 15) is 9.18 Å². The highest BCUT2D eigenvalue weighted by Gasteiger charge is 2.21. The Labute approximate surface area is 120 Å². The smallest absolute Gasteiger partial charge is 0.264 e. The maximum absolute atomic E-state index is 13.3.